The van der Waals surface area contributed by atoms with Crippen molar-refractivity contribution in [3.63, 3.8) is 0 Å². The van der Waals surface area contributed by atoms with E-state index in [0.717, 1.165) is 38.3 Å². The smallest absolute Gasteiger partial charge is 0.159 e. The lowest BCUT2D eigenvalue weighted by molar-refractivity contribution is -0.182. The number of rotatable bonds is 3. The second-order valence-corrected chi connectivity index (χ2v) is 3.41. The number of aryl methyl sites for hydroxylation is 2. The third-order valence-corrected chi connectivity index (χ3v) is 2.28. The first kappa shape index (κ1) is 9.61. The van der Waals surface area contributed by atoms with Crippen LogP contribution in [0, 0.1) is 6.92 Å². The lowest BCUT2D eigenvalue weighted by Gasteiger charge is -2.23. The van der Waals surface area contributed by atoms with Gasteiger partial charge in [-0.1, -0.05) is 5.21 Å². The SMILES string of the molecule is Cc1cnnn1CCC1OCCCO1. The first-order chi connectivity index (χ1) is 6.86. The summed E-state index contributed by atoms with van der Waals surface area (Å²) in [7, 11) is 0. The van der Waals surface area contributed by atoms with Gasteiger partial charge in [0.25, 0.3) is 0 Å². The van der Waals surface area contributed by atoms with E-state index in [1.54, 1.807) is 6.20 Å². The van der Waals surface area contributed by atoms with Crippen LogP contribution in [0.25, 0.3) is 0 Å². The van der Waals surface area contributed by atoms with Crippen molar-refractivity contribution in [2.24, 2.45) is 0 Å². The molecule has 1 aliphatic rings. The molecule has 0 aliphatic carbocycles. The van der Waals surface area contributed by atoms with E-state index in [1.165, 1.54) is 0 Å². The highest BCUT2D eigenvalue weighted by atomic mass is 16.7. The van der Waals surface area contributed by atoms with Gasteiger partial charge in [0.15, 0.2) is 6.29 Å². The Morgan fingerprint density at radius 1 is 1.50 bits per heavy atom. The summed E-state index contributed by atoms with van der Waals surface area (Å²) in [5.41, 5.74) is 1.07. The van der Waals surface area contributed by atoms with E-state index >= 15 is 0 Å². The van der Waals surface area contributed by atoms with E-state index in [0.29, 0.717) is 0 Å². The van der Waals surface area contributed by atoms with Gasteiger partial charge in [-0.2, -0.15) is 0 Å². The minimum atomic E-state index is -0.0626. The first-order valence-electron chi connectivity index (χ1n) is 4.94. The molecule has 0 N–H and O–H groups in total. The van der Waals surface area contributed by atoms with Crippen LogP contribution in [-0.4, -0.2) is 34.5 Å². The molecule has 0 radical (unpaired) electrons. The number of ether oxygens (including phenoxy) is 2. The van der Waals surface area contributed by atoms with E-state index in [-0.39, 0.29) is 6.29 Å². The quantitative estimate of drug-likeness (QED) is 0.717. The molecule has 0 unspecified atom stereocenters. The first-order valence-corrected chi connectivity index (χ1v) is 4.94. The van der Waals surface area contributed by atoms with E-state index in [9.17, 15) is 0 Å². The van der Waals surface area contributed by atoms with Crippen LogP contribution in [0.1, 0.15) is 18.5 Å². The van der Waals surface area contributed by atoms with E-state index in [4.69, 9.17) is 9.47 Å². The molecule has 2 rings (SSSR count). The third-order valence-electron chi connectivity index (χ3n) is 2.28. The van der Waals surface area contributed by atoms with E-state index < -0.39 is 0 Å². The monoisotopic (exact) mass is 197 g/mol. The molecule has 1 saturated heterocycles. The standard InChI is InChI=1S/C9H15N3O2/c1-8-7-10-11-12(8)4-3-9-13-5-2-6-14-9/h7,9H,2-6H2,1H3. The predicted molar refractivity (Wildman–Crippen MR) is 49.7 cm³/mol. The van der Waals surface area contributed by atoms with Crippen molar-refractivity contribution in [2.45, 2.75) is 32.6 Å². The highest BCUT2D eigenvalue weighted by Crippen LogP contribution is 2.09. The van der Waals surface area contributed by atoms with Crippen LogP contribution in [-0.2, 0) is 16.0 Å². The van der Waals surface area contributed by atoms with Crippen LogP contribution in [0.5, 0.6) is 0 Å². The second kappa shape index (κ2) is 4.52. The van der Waals surface area contributed by atoms with Gasteiger partial charge in [0.1, 0.15) is 0 Å². The molecule has 1 aromatic heterocycles. The van der Waals surface area contributed by atoms with Crippen molar-refractivity contribution < 1.29 is 9.47 Å². The fourth-order valence-corrected chi connectivity index (χ4v) is 1.46. The molecule has 0 bridgehead atoms. The molecule has 1 fully saturated rings. The Bertz CT molecular complexity index is 281. The molecule has 5 nitrogen and oxygen atoms in total. The normalized spacial score (nSPS) is 18.6. The summed E-state index contributed by atoms with van der Waals surface area (Å²) in [6.45, 7) is 4.40. The molecule has 0 saturated carbocycles. The Kier molecular flexibility index (Phi) is 3.10. The van der Waals surface area contributed by atoms with Gasteiger partial charge in [-0.25, -0.2) is 4.68 Å². The van der Waals surface area contributed by atoms with Gasteiger partial charge < -0.3 is 9.47 Å². The van der Waals surface area contributed by atoms with Gasteiger partial charge in [0.2, 0.25) is 0 Å². The van der Waals surface area contributed by atoms with Crippen LogP contribution in [0.15, 0.2) is 6.20 Å². The van der Waals surface area contributed by atoms with Gasteiger partial charge in [-0.3, -0.25) is 0 Å². The minimum absolute atomic E-state index is 0.0626. The zero-order valence-electron chi connectivity index (χ0n) is 8.35. The molecular weight excluding hydrogens is 182 g/mol. The highest BCUT2D eigenvalue weighted by molar-refractivity contribution is 4.88. The zero-order chi connectivity index (χ0) is 9.80. The Balaban J connectivity index is 1.79. The van der Waals surface area contributed by atoms with Gasteiger partial charge in [0, 0.05) is 13.0 Å². The average Bonchev–Trinajstić information content (AvgIpc) is 2.63. The molecule has 0 atom stereocenters. The molecule has 1 aromatic rings. The summed E-state index contributed by atoms with van der Waals surface area (Å²) < 4.78 is 12.7. The molecule has 0 amide bonds. The van der Waals surface area contributed by atoms with Crippen LogP contribution in [0.2, 0.25) is 0 Å². The Labute approximate surface area is 83.0 Å². The molecule has 14 heavy (non-hydrogen) atoms. The average molecular weight is 197 g/mol. The lowest BCUT2D eigenvalue weighted by Crippen LogP contribution is -2.26. The maximum absolute atomic E-state index is 5.43. The van der Waals surface area contributed by atoms with Crippen molar-refractivity contribution in [3.8, 4) is 0 Å². The number of aromatic nitrogens is 3. The molecule has 0 spiro atoms. The van der Waals surface area contributed by atoms with E-state index in [1.807, 2.05) is 11.6 Å². The number of nitrogens with zero attached hydrogens (tertiary/aromatic N) is 3. The zero-order valence-corrected chi connectivity index (χ0v) is 8.35. The van der Waals surface area contributed by atoms with Crippen LogP contribution >= 0.6 is 0 Å². The molecule has 0 aromatic carbocycles. The third kappa shape index (κ3) is 2.30. The van der Waals surface area contributed by atoms with Crippen LogP contribution < -0.4 is 0 Å². The Morgan fingerprint density at radius 3 is 2.93 bits per heavy atom. The topological polar surface area (TPSA) is 49.2 Å². The maximum Gasteiger partial charge on any atom is 0.159 e. The van der Waals surface area contributed by atoms with Gasteiger partial charge >= 0.3 is 0 Å². The number of hydrogen-bond acceptors (Lipinski definition) is 4. The summed E-state index contributed by atoms with van der Waals surface area (Å²) in [5, 5.41) is 7.77. The summed E-state index contributed by atoms with van der Waals surface area (Å²) in [5.74, 6) is 0. The van der Waals surface area contributed by atoms with E-state index in [2.05, 4.69) is 10.3 Å². The molecular formula is C9H15N3O2. The van der Waals surface area contributed by atoms with Crippen molar-refractivity contribution in [1.29, 1.82) is 0 Å². The van der Waals surface area contributed by atoms with Crippen LogP contribution in [0.4, 0.5) is 0 Å². The predicted octanol–water partition coefficient (Wildman–Crippen LogP) is 0.740. The molecule has 5 heteroatoms. The van der Waals surface area contributed by atoms with Crippen LogP contribution in [0.3, 0.4) is 0 Å². The molecule has 78 valence electrons. The summed E-state index contributed by atoms with van der Waals surface area (Å²) in [6.07, 6.45) is 3.53. The summed E-state index contributed by atoms with van der Waals surface area (Å²) in [4.78, 5) is 0. The van der Waals surface area contributed by atoms with Crippen molar-refractivity contribution in [2.75, 3.05) is 13.2 Å². The highest BCUT2D eigenvalue weighted by Gasteiger charge is 2.14. The Morgan fingerprint density at radius 2 is 2.29 bits per heavy atom. The number of hydrogen-bond donors (Lipinski definition) is 0. The maximum atomic E-state index is 5.43. The minimum Gasteiger partial charge on any atom is -0.353 e. The largest absolute Gasteiger partial charge is 0.353 e. The summed E-state index contributed by atoms with van der Waals surface area (Å²) in [6, 6.07) is 0. The Hall–Kier alpha value is -0.940. The van der Waals surface area contributed by atoms with Gasteiger partial charge in [-0.05, 0) is 13.3 Å². The van der Waals surface area contributed by atoms with Crippen molar-refractivity contribution in [3.05, 3.63) is 11.9 Å². The van der Waals surface area contributed by atoms with Gasteiger partial charge in [0.05, 0.1) is 25.1 Å². The fraction of sp³-hybridized carbons (Fsp3) is 0.778. The van der Waals surface area contributed by atoms with Gasteiger partial charge in [-0.15, -0.1) is 5.10 Å². The summed E-state index contributed by atoms with van der Waals surface area (Å²) >= 11 is 0. The fourth-order valence-electron chi connectivity index (χ4n) is 1.46. The molecule has 1 aliphatic heterocycles. The van der Waals surface area contributed by atoms with Crippen molar-refractivity contribution in [1.82, 2.24) is 15.0 Å². The lowest BCUT2D eigenvalue weighted by atomic mass is 10.3. The van der Waals surface area contributed by atoms with Crippen molar-refractivity contribution >= 4 is 0 Å². The molecule has 2 heterocycles. The second-order valence-electron chi connectivity index (χ2n) is 3.41.